The molecule has 1 aliphatic rings. The predicted molar refractivity (Wildman–Crippen MR) is 84.0 cm³/mol. The van der Waals surface area contributed by atoms with Crippen LogP contribution in [0.5, 0.6) is 0 Å². The quantitative estimate of drug-likeness (QED) is 0.841. The molecule has 0 N–H and O–H groups in total. The lowest BCUT2D eigenvalue weighted by Crippen LogP contribution is -2.38. The standard InChI is InChI=1S/C16H20F3N5/c1-10-11(2)20-12(3)21-15(10)23-7-4-5-13(9-23)24-8-6-14(22-24)16(17,18)19/h6,8,13H,4-5,7,9H2,1-3H3. The summed E-state index contributed by atoms with van der Waals surface area (Å²) >= 11 is 0. The van der Waals surface area contributed by atoms with Crippen molar-refractivity contribution in [2.45, 2.75) is 45.8 Å². The number of aryl methyl sites for hydroxylation is 2. The number of nitrogens with zero attached hydrogens (tertiary/aromatic N) is 5. The largest absolute Gasteiger partial charge is 0.435 e. The summed E-state index contributed by atoms with van der Waals surface area (Å²) in [6.07, 6.45) is -1.30. The van der Waals surface area contributed by atoms with Gasteiger partial charge >= 0.3 is 6.18 Å². The van der Waals surface area contributed by atoms with Gasteiger partial charge in [-0.3, -0.25) is 4.68 Å². The molecule has 1 unspecified atom stereocenters. The summed E-state index contributed by atoms with van der Waals surface area (Å²) in [7, 11) is 0. The maximum atomic E-state index is 12.7. The van der Waals surface area contributed by atoms with Crippen LogP contribution in [0.1, 0.15) is 41.7 Å². The Morgan fingerprint density at radius 1 is 1.17 bits per heavy atom. The van der Waals surface area contributed by atoms with E-state index in [1.807, 2.05) is 20.8 Å². The number of rotatable bonds is 2. The van der Waals surface area contributed by atoms with Gasteiger partial charge in [-0.15, -0.1) is 0 Å². The van der Waals surface area contributed by atoms with Crippen molar-refractivity contribution in [1.82, 2.24) is 19.7 Å². The van der Waals surface area contributed by atoms with Gasteiger partial charge in [-0.25, -0.2) is 9.97 Å². The van der Waals surface area contributed by atoms with Gasteiger partial charge in [-0.2, -0.15) is 18.3 Å². The first kappa shape index (κ1) is 16.7. The number of piperidine rings is 1. The van der Waals surface area contributed by atoms with E-state index in [4.69, 9.17) is 0 Å². The average Bonchev–Trinajstić information content (AvgIpc) is 3.01. The third kappa shape index (κ3) is 3.22. The summed E-state index contributed by atoms with van der Waals surface area (Å²) in [5.41, 5.74) is 1.10. The molecule has 2 aromatic rings. The van der Waals surface area contributed by atoms with Crippen LogP contribution in [0, 0.1) is 20.8 Å². The molecule has 0 radical (unpaired) electrons. The highest BCUT2D eigenvalue weighted by atomic mass is 19.4. The highest BCUT2D eigenvalue weighted by molar-refractivity contribution is 5.48. The Bertz CT molecular complexity index is 738. The van der Waals surface area contributed by atoms with Gasteiger partial charge in [-0.1, -0.05) is 0 Å². The Balaban J connectivity index is 1.84. The van der Waals surface area contributed by atoms with Crippen LogP contribution in [0.2, 0.25) is 0 Å². The van der Waals surface area contributed by atoms with E-state index >= 15 is 0 Å². The smallest absolute Gasteiger partial charge is 0.354 e. The fraction of sp³-hybridized carbons (Fsp3) is 0.562. The van der Waals surface area contributed by atoms with Gasteiger partial charge in [0.05, 0.1) is 6.04 Å². The summed E-state index contributed by atoms with van der Waals surface area (Å²) in [5, 5.41) is 3.72. The van der Waals surface area contributed by atoms with Gasteiger partial charge in [0.15, 0.2) is 5.69 Å². The number of aromatic nitrogens is 4. The monoisotopic (exact) mass is 339 g/mol. The van der Waals surface area contributed by atoms with Gasteiger partial charge in [0.1, 0.15) is 11.6 Å². The summed E-state index contributed by atoms with van der Waals surface area (Å²) in [6, 6.07) is 0.938. The lowest BCUT2D eigenvalue weighted by Gasteiger charge is -2.34. The van der Waals surface area contributed by atoms with Crippen molar-refractivity contribution in [2.24, 2.45) is 0 Å². The van der Waals surface area contributed by atoms with E-state index in [9.17, 15) is 13.2 Å². The lowest BCUT2D eigenvalue weighted by molar-refractivity contribution is -0.141. The Hall–Kier alpha value is -2.12. The fourth-order valence-electron chi connectivity index (χ4n) is 3.11. The molecule has 1 aliphatic heterocycles. The minimum Gasteiger partial charge on any atom is -0.354 e. The van der Waals surface area contributed by atoms with Crippen molar-refractivity contribution >= 4 is 5.82 Å². The molecule has 3 rings (SSSR count). The van der Waals surface area contributed by atoms with Gasteiger partial charge in [0.2, 0.25) is 0 Å². The topological polar surface area (TPSA) is 46.8 Å². The Morgan fingerprint density at radius 2 is 1.92 bits per heavy atom. The zero-order valence-corrected chi connectivity index (χ0v) is 13.9. The van der Waals surface area contributed by atoms with E-state index in [1.54, 1.807) is 0 Å². The third-order valence-electron chi connectivity index (χ3n) is 4.44. The highest BCUT2D eigenvalue weighted by Crippen LogP contribution is 2.31. The number of hydrogen-bond donors (Lipinski definition) is 0. The number of hydrogen-bond acceptors (Lipinski definition) is 4. The average molecular weight is 339 g/mol. The van der Waals surface area contributed by atoms with Crippen molar-refractivity contribution < 1.29 is 13.2 Å². The molecule has 3 heterocycles. The van der Waals surface area contributed by atoms with Crippen molar-refractivity contribution in [2.75, 3.05) is 18.0 Å². The van der Waals surface area contributed by atoms with Crippen LogP contribution in [-0.2, 0) is 6.18 Å². The zero-order chi connectivity index (χ0) is 17.5. The molecular weight excluding hydrogens is 319 g/mol. The van der Waals surface area contributed by atoms with E-state index < -0.39 is 11.9 Å². The summed E-state index contributed by atoms with van der Waals surface area (Å²) in [6.45, 7) is 7.19. The van der Waals surface area contributed by atoms with Crippen LogP contribution in [0.15, 0.2) is 12.3 Å². The SMILES string of the molecule is Cc1nc(C)c(C)c(N2CCCC(n3ccc(C(F)(F)F)n3)C2)n1. The van der Waals surface area contributed by atoms with E-state index in [-0.39, 0.29) is 6.04 Å². The molecule has 5 nitrogen and oxygen atoms in total. The number of halogens is 3. The second-order valence-electron chi connectivity index (χ2n) is 6.23. The molecule has 0 amide bonds. The normalized spacial score (nSPS) is 18.9. The molecule has 8 heteroatoms. The van der Waals surface area contributed by atoms with E-state index in [0.717, 1.165) is 42.5 Å². The first-order valence-corrected chi connectivity index (χ1v) is 7.95. The summed E-state index contributed by atoms with van der Waals surface area (Å²) < 4.78 is 39.7. The van der Waals surface area contributed by atoms with Gasteiger partial charge < -0.3 is 4.90 Å². The van der Waals surface area contributed by atoms with Gasteiger partial charge in [0.25, 0.3) is 0 Å². The molecular formula is C16H20F3N5. The maximum absolute atomic E-state index is 12.7. The molecule has 1 saturated heterocycles. The lowest BCUT2D eigenvalue weighted by atomic mass is 10.1. The van der Waals surface area contributed by atoms with Crippen molar-refractivity contribution in [3.63, 3.8) is 0 Å². The van der Waals surface area contributed by atoms with Crippen molar-refractivity contribution in [3.05, 3.63) is 35.0 Å². The second-order valence-corrected chi connectivity index (χ2v) is 6.23. The van der Waals surface area contributed by atoms with Crippen LogP contribution in [0.3, 0.4) is 0 Å². The Morgan fingerprint density at radius 3 is 2.58 bits per heavy atom. The third-order valence-corrected chi connectivity index (χ3v) is 4.44. The van der Waals surface area contributed by atoms with Crippen LogP contribution < -0.4 is 4.90 Å². The predicted octanol–water partition coefficient (Wildman–Crippen LogP) is 3.46. The van der Waals surface area contributed by atoms with Gasteiger partial charge in [0, 0.05) is 30.5 Å². The van der Waals surface area contributed by atoms with E-state index in [0.29, 0.717) is 12.4 Å². The molecule has 0 aromatic carbocycles. The van der Waals surface area contributed by atoms with E-state index in [1.165, 1.54) is 10.9 Å². The summed E-state index contributed by atoms with van der Waals surface area (Å²) in [5.74, 6) is 1.57. The van der Waals surface area contributed by atoms with Crippen molar-refractivity contribution in [3.8, 4) is 0 Å². The molecule has 0 bridgehead atoms. The number of alkyl halides is 3. The molecule has 2 aromatic heterocycles. The second kappa shape index (κ2) is 6.07. The first-order valence-electron chi connectivity index (χ1n) is 7.95. The van der Waals surface area contributed by atoms with Crippen LogP contribution in [0.4, 0.5) is 19.0 Å². The maximum Gasteiger partial charge on any atom is 0.435 e. The molecule has 1 fully saturated rings. The molecule has 0 spiro atoms. The summed E-state index contributed by atoms with van der Waals surface area (Å²) in [4.78, 5) is 11.0. The van der Waals surface area contributed by atoms with Gasteiger partial charge in [-0.05, 0) is 39.7 Å². The molecule has 0 saturated carbocycles. The minimum atomic E-state index is -4.41. The zero-order valence-electron chi connectivity index (χ0n) is 13.9. The highest BCUT2D eigenvalue weighted by Gasteiger charge is 2.34. The first-order chi connectivity index (χ1) is 11.3. The van der Waals surface area contributed by atoms with Crippen molar-refractivity contribution in [1.29, 1.82) is 0 Å². The molecule has 130 valence electrons. The Labute approximate surface area is 138 Å². The fourth-order valence-corrected chi connectivity index (χ4v) is 3.11. The molecule has 0 aliphatic carbocycles. The van der Waals surface area contributed by atoms with Crippen LogP contribution >= 0.6 is 0 Å². The molecule has 1 atom stereocenters. The minimum absolute atomic E-state index is 0.0928. The van der Waals surface area contributed by atoms with Crippen LogP contribution in [-0.4, -0.2) is 32.8 Å². The number of anilines is 1. The van der Waals surface area contributed by atoms with E-state index in [2.05, 4.69) is 20.0 Å². The molecule has 24 heavy (non-hydrogen) atoms. The Kier molecular flexibility index (Phi) is 4.23. The van der Waals surface area contributed by atoms with Crippen LogP contribution in [0.25, 0.3) is 0 Å².